The molecule has 2 aliphatic heterocycles. The van der Waals surface area contributed by atoms with E-state index in [-0.39, 0.29) is 17.7 Å². The molecular weight excluding hydrogens is 328 g/mol. The number of hydrogen-bond donors (Lipinski definition) is 0. The van der Waals surface area contributed by atoms with Crippen molar-refractivity contribution in [2.24, 2.45) is 0 Å². The van der Waals surface area contributed by atoms with E-state index in [4.69, 9.17) is 4.74 Å². The number of hydrogen-bond acceptors (Lipinski definition) is 3. The molecule has 5 nitrogen and oxygen atoms in total. The van der Waals surface area contributed by atoms with E-state index in [9.17, 15) is 9.59 Å². The Morgan fingerprint density at radius 2 is 1.65 bits per heavy atom. The van der Waals surface area contributed by atoms with E-state index in [0.29, 0.717) is 32.0 Å². The molecule has 2 fully saturated rings. The van der Waals surface area contributed by atoms with Gasteiger partial charge >= 0.3 is 0 Å². The average molecular weight is 350 g/mol. The molecule has 2 saturated heterocycles. The standard InChI is InChI=1S/C21H22N2O3/c24-20(16-5-2-1-3-6-16)22-10-9-19(14-22)17-7-4-8-18(13-17)21(25)23-11-12-26-15-23/h1-8,13,19H,9-12,14-15H2. The van der Waals surface area contributed by atoms with Gasteiger partial charge in [-0.05, 0) is 36.2 Å². The molecule has 2 heterocycles. The van der Waals surface area contributed by atoms with Gasteiger partial charge in [-0.3, -0.25) is 9.59 Å². The summed E-state index contributed by atoms with van der Waals surface area (Å²) in [5.41, 5.74) is 2.55. The lowest BCUT2D eigenvalue weighted by Gasteiger charge is -2.18. The predicted molar refractivity (Wildman–Crippen MR) is 98.0 cm³/mol. The Morgan fingerprint density at radius 3 is 2.42 bits per heavy atom. The van der Waals surface area contributed by atoms with E-state index in [0.717, 1.165) is 24.1 Å². The third-order valence-corrected chi connectivity index (χ3v) is 5.14. The van der Waals surface area contributed by atoms with E-state index in [1.807, 2.05) is 53.4 Å². The van der Waals surface area contributed by atoms with Crippen molar-refractivity contribution in [1.82, 2.24) is 9.80 Å². The highest BCUT2D eigenvalue weighted by atomic mass is 16.5. The lowest BCUT2D eigenvalue weighted by molar-refractivity contribution is 0.0694. The molecule has 2 aromatic rings. The SMILES string of the molecule is O=C(c1cccc(C2CCN(C(=O)c3ccccc3)C2)c1)N1CCOC1. The summed E-state index contributed by atoms with van der Waals surface area (Å²) in [7, 11) is 0. The quantitative estimate of drug-likeness (QED) is 0.855. The van der Waals surface area contributed by atoms with Crippen LogP contribution >= 0.6 is 0 Å². The van der Waals surface area contributed by atoms with Gasteiger partial charge in [0.2, 0.25) is 0 Å². The largest absolute Gasteiger partial charge is 0.359 e. The van der Waals surface area contributed by atoms with Gasteiger partial charge in [-0.1, -0.05) is 30.3 Å². The van der Waals surface area contributed by atoms with Crippen LogP contribution in [-0.4, -0.2) is 54.6 Å². The second-order valence-electron chi connectivity index (χ2n) is 6.83. The Balaban J connectivity index is 1.46. The zero-order valence-corrected chi connectivity index (χ0v) is 14.6. The first kappa shape index (κ1) is 16.8. The van der Waals surface area contributed by atoms with Gasteiger partial charge in [0.25, 0.3) is 11.8 Å². The molecule has 1 atom stereocenters. The highest BCUT2D eigenvalue weighted by molar-refractivity contribution is 5.95. The number of carbonyl (C=O) groups is 2. The summed E-state index contributed by atoms with van der Waals surface area (Å²) < 4.78 is 5.27. The van der Waals surface area contributed by atoms with Crippen molar-refractivity contribution in [1.29, 1.82) is 0 Å². The molecule has 1 unspecified atom stereocenters. The lowest BCUT2D eigenvalue weighted by Crippen LogP contribution is -2.29. The number of ether oxygens (including phenoxy) is 1. The summed E-state index contributed by atoms with van der Waals surface area (Å²) in [5.74, 6) is 0.361. The minimum Gasteiger partial charge on any atom is -0.359 e. The van der Waals surface area contributed by atoms with Crippen LogP contribution in [0.1, 0.15) is 38.6 Å². The molecular formula is C21H22N2O3. The normalized spacial score (nSPS) is 19.8. The van der Waals surface area contributed by atoms with Crippen molar-refractivity contribution < 1.29 is 14.3 Å². The molecule has 0 aromatic heterocycles. The second kappa shape index (κ2) is 7.30. The number of amides is 2. The Labute approximate surface area is 153 Å². The van der Waals surface area contributed by atoms with Crippen molar-refractivity contribution in [3.8, 4) is 0 Å². The summed E-state index contributed by atoms with van der Waals surface area (Å²) in [6.45, 7) is 3.05. The highest BCUT2D eigenvalue weighted by Gasteiger charge is 2.28. The van der Waals surface area contributed by atoms with E-state index >= 15 is 0 Å². The minimum absolute atomic E-state index is 0.0135. The molecule has 0 radical (unpaired) electrons. The van der Waals surface area contributed by atoms with Crippen LogP contribution in [0.2, 0.25) is 0 Å². The molecule has 0 bridgehead atoms. The predicted octanol–water partition coefficient (Wildman–Crippen LogP) is 2.75. The van der Waals surface area contributed by atoms with Crippen molar-refractivity contribution in [2.45, 2.75) is 12.3 Å². The van der Waals surface area contributed by atoms with Crippen LogP contribution in [0.4, 0.5) is 0 Å². The number of rotatable bonds is 3. The lowest BCUT2D eigenvalue weighted by atomic mass is 9.96. The zero-order chi connectivity index (χ0) is 17.9. The van der Waals surface area contributed by atoms with Gasteiger partial charge in [0.1, 0.15) is 6.73 Å². The first-order valence-electron chi connectivity index (χ1n) is 9.03. The van der Waals surface area contributed by atoms with Crippen LogP contribution < -0.4 is 0 Å². The van der Waals surface area contributed by atoms with Crippen LogP contribution in [0.3, 0.4) is 0 Å². The van der Waals surface area contributed by atoms with Crippen LogP contribution in [0.5, 0.6) is 0 Å². The monoisotopic (exact) mass is 350 g/mol. The molecule has 0 spiro atoms. The second-order valence-corrected chi connectivity index (χ2v) is 6.83. The summed E-state index contributed by atoms with van der Waals surface area (Å²) in [6.07, 6.45) is 0.920. The summed E-state index contributed by atoms with van der Waals surface area (Å²) in [5, 5.41) is 0. The van der Waals surface area contributed by atoms with E-state index in [2.05, 4.69) is 6.07 Å². The number of carbonyl (C=O) groups excluding carboxylic acids is 2. The van der Waals surface area contributed by atoms with Crippen molar-refractivity contribution in [3.05, 3.63) is 71.3 Å². The van der Waals surface area contributed by atoms with E-state index in [1.54, 1.807) is 4.90 Å². The summed E-state index contributed by atoms with van der Waals surface area (Å²) in [4.78, 5) is 28.8. The molecule has 26 heavy (non-hydrogen) atoms. The first-order valence-corrected chi connectivity index (χ1v) is 9.03. The fraction of sp³-hybridized carbons (Fsp3) is 0.333. The number of likely N-dealkylation sites (tertiary alicyclic amines) is 1. The molecule has 0 N–H and O–H groups in total. The van der Waals surface area contributed by atoms with Crippen molar-refractivity contribution in [2.75, 3.05) is 33.0 Å². The van der Waals surface area contributed by atoms with Crippen LogP contribution in [0, 0.1) is 0 Å². The average Bonchev–Trinajstić information content (AvgIpc) is 3.40. The van der Waals surface area contributed by atoms with Crippen molar-refractivity contribution in [3.63, 3.8) is 0 Å². The van der Waals surface area contributed by atoms with E-state index in [1.165, 1.54) is 0 Å². The zero-order valence-electron chi connectivity index (χ0n) is 14.6. The maximum absolute atomic E-state index is 12.6. The molecule has 2 aromatic carbocycles. The molecule has 0 aliphatic carbocycles. The third kappa shape index (κ3) is 3.35. The highest BCUT2D eigenvalue weighted by Crippen LogP contribution is 2.29. The first-order chi connectivity index (χ1) is 12.7. The van der Waals surface area contributed by atoms with Gasteiger partial charge in [0.15, 0.2) is 0 Å². The molecule has 134 valence electrons. The van der Waals surface area contributed by atoms with Gasteiger partial charge < -0.3 is 14.5 Å². The van der Waals surface area contributed by atoms with Crippen LogP contribution in [-0.2, 0) is 4.74 Å². The molecule has 4 rings (SSSR count). The fourth-order valence-corrected chi connectivity index (χ4v) is 3.66. The molecule has 2 aliphatic rings. The van der Waals surface area contributed by atoms with E-state index < -0.39 is 0 Å². The maximum Gasteiger partial charge on any atom is 0.255 e. The summed E-state index contributed by atoms with van der Waals surface area (Å²) in [6, 6.07) is 17.2. The van der Waals surface area contributed by atoms with Crippen LogP contribution in [0.15, 0.2) is 54.6 Å². The molecule has 5 heteroatoms. The van der Waals surface area contributed by atoms with Crippen molar-refractivity contribution >= 4 is 11.8 Å². The van der Waals surface area contributed by atoms with Gasteiger partial charge in [-0.2, -0.15) is 0 Å². The number of nitrogens with zero attached hydrogens (tertiary/aromatic N) is 2. The van der Waals surface area contributed by atoms with Gasteiger partial charge in [-0.15, -0.1) is 0 Å². The Kier molecular flexibility index (Phi) is 4.71. The third-order valence-electron chi connectivity index (χ3n) is 5.14. The van der Waals surface area contributed by atoms with Crippen LogP contribution in [0.25, 0.3) is 0 Å². The maximum atomic E-state index is 12.6. The Bertz CT molecular complexity index is 800. The molecule has 2 amide bonds. The Hall–Kier alpha value is -2.66. The smallest absolute Gasteiger partial charge is 0.255 e. The Morgan fingerprint density at radius 1 is 0.885 bits per heavy atom. The van der Waals surface area contributed by atoms with Gasteiger partial charge in [0, 0.05) is 36.7 Å². The number of benzene rings is 2. The minimum atomic E-state index is 0.0135. The van der Waals surface area contributed by atoms with Gasteiger partial charge in [0.05, 0.1) is 6.61 Å². The topological polar surface area (TPSA) is 49.9 Å². The molecule has 0 saturated carbocycles. The summed E-state index contributed by atoms with van der Waals surface area (Å²) >= 11 is 0. The fourth-order valence-electron chi connectivity index (χ4n) is 3.66. The van der Waals surface area contributed by atoms with Gasteiger partial charge in [-0.25, -0.2) is 0 Å².